The van der Waals surface area contributed by atoms with Gasteiger partial charge in [-0.1, -0.05) is 18.2 Å². The third kappa shape index (κ3) is 3.03. The molecule has 110 valence electrons. The van der Waals surface area contributed by atoms with Crippen LogP contribution in [0.3, 0.4) is 0 Å². The van der Waals surface area contributed by atoms with Crippen LogP contribution in [0.4, 0.5) is 4.39 Å². The van der Waals surface area contributed by atoms with Crippen molar-refractivity contribution in [3.8, 4) is 11.1 Å². The van der Waals surface area contributed by atoms with E-state index in [1.807, 2.05) is 0 Å². The number of nitrogens with one attached hydrogen (secondary N) is 1. The van der Waals surface area contributed by atoms with Crippen molar-refractivity contribution in [1.29, 1.82) is 0 Å². The molecule has 3 aromatic rings. The van der Waals surface area contributed by atoms with Gasteiger partial charge in [0.2, 0.25) is 0 Å². The van der Waals surface area contributed by atoms with Crippen LogP contribution in [-0.2, 0) is 6.54 Å². The van der Waals surface area contributed by atoms with E-state index in [-0.39, 0.29) is 18.3 Å². The van der Waals surface area contributed by atoms with Crippen molar-refractivity contribution in [3.63, 3.8) is 0 Å². The second kappa shape index (κ2) is 6.22. The standard InChI is InChI=1S/C17H13FN2O2/c18-16-6-2-1-5-15(16)12-8-13(10-19-9-12)17(21)20-11-14-4-3-7-22-14/h1-10H,11H2,(H,20,21). The molecule has 0 atom stereocenters. The molecule has 0 spiro atoms. The number of rotatable bonds is 4. The largest absolute Gasteiger partial charge is 0.467 e. The van der Waals surface area contributed by atoms with Crippen LogP contribution in [-0.4, -0.2) is 10.9 Å². The molecule has 5 heteroatoms. The minimum Gasteiger partial charge on any atom is -0.467 e. The summed E-state index contributed by atoms with van der Waals surface area (Å²) in [6, 6.07) is 11.5. The molecular formula is C17H13FN2O2. The molecule has 3 rings (SSSR count). The summed E-state index contributed by atoms with van der Waals surface area (Å²) in [7, 11) is 0. The Hall–Kier alpha value is -2.95. The molecule has 1 aromatic carbocycles. The fourth-order valence-corrected chi connectivity index (χ4v) is 2.09. The van der Waals surface area contributed by atoms with Crippen molar-refractivity contribution in [2.75, 3.05) is 0 Å². The van der Waals surface area contributed by atoms with Gasteiger partial charge in [0.05, 0.1) is 18.4 Å². The molecule has 1 amide bonds. The second-order valence-corrected chi connectivity index (χ2v) is 4.70. The zero-order valence-electron chi connectivity index (χ0n) is 11.6. The van der Waals surface area contributed by atoms with Crippen molar-refractivity contribution < 1.29 is 13.6 Å². The number of benzene rings is 1. The monoisotopic (exact) mass is 296 g/mol. The first-order chi connectivity index (χ1) is 10.7. The minimum atomic E-state index is -0.350. The van der Waals surface area contributed by atoms with Crippen LogP contribution in [0.2, 0.25) is 0 Å². The van der Waals surface area contributed by atoms with E-state index in [2.05, 4.69) is 10.3 Å². The predicted octanol–water partition coefficient (Wildman–Crippen LogP) is 3.41. The van der Waals surface area contributed by atoms with Gasteiger partial charge >= 0.3 is 0 Å². The Kier molecular flexibility index (Phi) is 3.96. The number of furan rings is 1. The summed E-state index contributed by atoms with van der Waals surface area (Å²) in [5.74, 6) is 0.0195. The summed E-state index contributed by atoms with van der Waals surface area (Å²) in [4.78, 5) is 16.1. The average molecular weight is 296 g/mol. The van der Waals surface area contributed by atoms with Crippen molar-refractivity contribution >= 4 is 5.91 Å². The molecule has 0 saturated carbocycles. The number of amides is 1. The number of hydrogen-bond acceptors (Lipinski definition) is 3. The molecule has 0 aliphatic carbocycles. The van der Waals surface area contributed by atoms with E-state index in [1.54, 1.807) is 42.7 Å². The maximum absolute atomic E-state index is 13.8. The SMILES string of the molecule is O=C(NCc1ccco1)c1cncc(-c2ccccc2F)c1. The lowest BCUT2D eigenvalue weighted by Gasteiger charge is -2.06. The molecular weight excluding hydrogens is 283 g/mol. The van der Waals surface area contributed by atoms with E-state index < -0.39 is 0 Å². The Morgan fingerprint density at radius 1 is 1.18 bits per heavy atom. The Morgan fingerprint density at radius 2 is 2.05 bits per heavy atom. The van der Waals surface area contributed by atoms with E-state index >= 15 is 0 Å². The minimum absolute atomic E-state index is 0.287. The lowest BCUT2D eigenvalue weighted by molar-refractivity contribution is 0.0947. The molecule has 1 N–H and O–H groups in total. The Labute approximate surface area is 126 Å². The Morgan fingerprint density at radius 3 is 2.82 bits per heavy atom. The molecule has 0 saturated heterocycles. The van der Waals surface area contributed by atoms with E-state index in [0.29, 0.717) is 22.5 Å². The van der Waals surface area contributed by atoms with Gasteiger partial charge in [-0.15, -0.1) is 0 Å². The Balaban J connectivity index is 1.79. The molecule has 0 bridgehead atoms. The Bertz CT molecular complexity index is 785. The molecule has 4 nitrogen and oxygen atoms in total. The summed E-state index contributed by atoms with van der Waals surface area (Å²) in [6.45, 7) is 0.287. The summed E-state index contributed by atoms with van der Waals surface area (Å²) >= 11 is 0. The van der Waals surface area contributed by atoms with Gasteiger partial charge in [-0.3, -0.25) is 9.78 Å². The number of pyridine rings is 1. The summed E-state index contributed by atoms with van der Waals surface area (Å²) < 4.78 is 18.9. The molecule has 2 aromatic heterocycles. The van der Waals surface area contributed by atoms with Crippen LogP contribution < -0.4 is 5.32 Å². The average Bonchev–Trinajstić information content (AvgIpc) is 3.06. The first-order valence-corrected chi connectivity index (χ1v) is 6.74. The highest BCUT2D eigenvalue weighted by Crippen LogP contribution is 2.22. The normalized spacial score (nSPS) is 10.4. The van der Waals surface area contributed by atoms with Crippen LogP contribution >= 0.6 is 0 Å². The summed E-state index contributed by atoms with van der Waals surface area (Å²) in [5, 5.41) is 2.73. The maximum Gasteiger partial charge on any atom is 0.253 e. The van der Waals surface area contributed by atoms with Crippen LogP contribution in [0.5, 0.6) is 0 Å². The fraction of sp³-hybridized carbons (Fsp3) is 0.0588. The predicted molar refractivity (Wildman–Crippen MR) is 79.5 cm³/mol. The van der Waals surface area contributed by atoms with Crippen LogP contribution in [0.15, 0.2) is 65.5 Å². The maximum atomic E-state index is 13.8. The molecule has 0 aliphatic heterocycles. The molecule has 0 aliphatic rings. The van der Waals surface area contributed by atoms with Crippen LogP contribution in [0, 0.1) is 5.82 Å². The van der Waals surface area contributed by atoms with Gasteiger partial charge in [0.25, 0.3) is 5.91 Å². The van der Waals surface area contributed by atoms with Crippen molar-refractivity contribution in [1.82, 2.24) is 10.3 Å². The molecule has 0 unspecified atom stereocenters. The highest BCUT2D eigenvalue weighted by molar-refractivity contribution is 5.95. The number of aromatic nitrogens is 1. The zero-order chi connectivity index (χ0) is 15.4. The number of hydrogen-bond donors (Lipinski definition) is 1. The van der Waals surface area contributed by atoms with Crippen LogP contribution in [0.1, 0.15) is 16.1 Å². The third-order valence-electron chi connectivity index (χ3n) is 3.19. The quantitative estimate of drug-likeness (QED) is 0.802. The molecule has 2 heterocycles. The van der Waals surface area contributed by atoms with Gasteiger partial charge in [-0.2, -0.15) is 0 Å². The van der Waals surface area contributed by atoms with E-state index in [0.717, 1.165) is 0 Å². The number of carbonyl (C=O) groups is 1. The zero-order valence-corrected chi connectivity index (χ0v) is 11.6. The third-order valence-corrected chi connectivity index (χ3v) is 3.19. The first kappa shape index (κ1) is 14.0. The van der Waals surface area contributed by atoms with Gasteiger partial charge in [0.15, 0.2) is 0 Å². The van der Waals surface area contributed by atoms with E-state index in [4.69, 9.17) is 4.42 Å². The van der Waals surface area contributed by atoms with Crippen LogP contribution in [0.25, 0.3) is 11.1 Å². The highest BCUT2D eigenvalue weighted by Gasteiger charge is 2.10. The number of carbonyl (C=O) groups excluding carboxylic acids is 1. The summed E-state index contributed by atoms with van der Waals surface area (Å²) in [5.41, 5.74) is 1.34. The van der Waals surface area contributed by atoms with E-state index in [9.17, 15) is 9.18 Å². The molecule has 0 fully saturated rings. The number of nitrogens with zero attached hydrogens (tertiary/aromatic N) is 1. The van der Waals surface area contributed by atoms with E-state index in [1.165, 1.54) is 18.5 Å². The molecule has 22 heavy (non-hydrogen) atoms. The smallest absolute Gasteiger partial charge is 0.253 e. The van der Waals surface area contributed by atoms with Gasteiger partial charge in [0.1, 0.15) is 11.6 Å². The summed E-state index contributed by atoms with van der Waals surface area (Å²) in [6.07, 6.45) is 4.52. The van der Waals surface area contributed by atoms with Crippen molar-refractivity contribution in [2.45, 2.75) is 6.54 Å². The van der Waals surface area contributed by atoms with Crippen molar-refractivity contribution in [3.05, 3.63) is 78.3 Å². The highest BCUT2D eigenvalue weighted by atomic mass is 19.1. The fourth-order valence-electron chi connectivity index (χ4n) is 2.09. The number of halogens is 1. The van der Waals surface area contributed by atoms with Gasteiger partial charge in [-0.05, 0) is 24.3 Å². The topological polar surface area (TPSA) is 55.1 Å². The first-order valence-electron chi connectivity index (χ1n) is 6.74. The second-order valence-electron chi connectivity index (χ2n) is 4.70. The van der Waals surface area contributed by atoms with Crippen molar-refractivity contribution in [2.24, 2.45) is 0 Å². The van der Waals surface area contributed by atoms with Gasteiger partial charge in [0, 0.05) is 23.5 Å². The molecule has 0 radical (unpaired) electrons. The lowest BCUT2D eigenvalue weighted by Crippen LogP contribution is -2.22. The van der Waals surface area contributed by atoms with Gasteiger partial charge < -0.3 is 9.73 Å². The lowest BCUT2D eigenvalue weighted by atomic mass is 10.1. The van der Waals surface area contributed by atoms with Gasteiger partial charge in [-0.25, -0.2) is 4.39 Å².